The molecule has 116 valence electrons. The largest absolute Gasteiger partial charge is 0.264 e. The van der Waals surface area contributed by atoms with Gasteiger partial charge in [-0.1, -0.05) is 45.0 Å². The SMILES string of the molecule is CC(C)(C)c1cc(/N=C/c2cccnc2)n(-c2ccccc2)n1. The lowest BCUT2D eigenvalue weighted by Crippen LogP contribution is -2.12. The van der Waals surface area contributed by atoms with Crippen LogP contribution in [0.4, 0.5) is 5.82 Å². The lowest BCUT2D eigenvalue weighted by atomic mass is 9.92. The fourth-order valence-electron chi connectivity index (χ4n) is 2.18. The Balaban J connectivity index is 2.04. The van der Waals surface area contributed by atoms with Crippen molar-refractivity contribution in [2.24, 2.45) is 4.99 Å². The molecule has 0 atom stereocenters. The van der Waals surface area contributed by atoms with Crippen LogP contribution in [0.15, 0.2) is 65.9 Å². The number of hydrogen-bond acceptors (Lipinski definition) is 3. The van der Waals surface area contributed by atoms with Crippen LogP contribution in [0, 0.1) is 0 Å². The van der Waals surface area contributed by atoms with E-state index in [1.54, 1.807) is 12.4 Å². The van der Waals surface area contributed by atoms with Gasteiger partial charge in [0.1, 0.15) is 0 Å². The third-order valence-corrected chi connectivity index (χ3v) is 3.49. The molecule has 0 spiro atoms. The van der Waals surface area contributed by atoms with Gasteiger partial charge in [0.05, 0.1) is 11.4 Å². The first kappa shape index (κ1) is 15.2. The van der Waals surface area contributed by atoms with Crippen LogP contribution in [0.25, 0.3) is 5.69 Å². The Morgan fingerprint density at radius 2 is 1.83 bits per heavy atom. The lowest BCUT2D eigenvalue weighted by molar-refractivity contribution is 0.560. The second kappa shape index (κ2) is 6.16. The average Bonchev–Trinajstić information content (AvgIpc) is 2.99. The summed E-state index contributed by atoms with van der Waals surface area (Å²) in [6.07, 6.45) is 5.36. The number of hydrogen-bond donors (Lipinski definition) is 0. The molecule has 0 bridgehead atoms. The van der Waals surface area contributed by atoms with Crippen molar-refractivity contribution in [1.29, 1.82) is 0 Å². The van der Waals surface area contributed by atoms with E-state index in [4.69, 9.17) is 5.10 Å². The molecule has 2 aromatic heterocycles. The van der Waals surface area contributed by atoms with Crippen molar-refractivity contribution in [3.8, 4) is 5.69 Å². The fourth-order valence-corrected chi connectivity index (χ4v) is 2.18. The maximum absolute atomic E-state index is 4.75. The van der Waals surface area contributed by atoms with Crippen LogP contribution >= 0.6 is 0 Å². The summed E-state index contributed by atoms with van der Waals surface area (Å²) in [4.78, 5) is 8.73. The predicted octanol–water partition coefficient (Wildman–Crippen LogP) is 4.32. The molecule has 0 radical (unpaired) electrons. The second-order valence-electron chi connectivity index (χ2n) is 6.43. The van der Waals surface area contributed by atoms with Gasteiger partial charge in [-0.2, -0.15) is 5.10 Å². The van der Waals surface area contributed by atoms with Gasteiger partial charge in [-0.25, -0.2) is 9.67 Å². The minimum absolute atomic E-state index is 0.0292. The van der Waals surface area contributed by atoms with Crippen molar-refractivity contribution < 1.29 is 0 Å². The van der Waals surface area contributed by atoms with Crippen LogP contribution < -0.4 is 0 Å². The van der Waals surface area contributed by atoms with Crippen molar-refractivity contribution >= 4 is 12.0 Å². The molecule has 0 aliphatic heterocycles. The average molecular weight is 304 g/mol. The Labute approximate surface area is 136 Å². The second-order valence-corrected chi connectivity index (χ2v) is 6.43. The van der Waals surface area contributed by atoms with E-state index in [9.17, 15) is 0 Å². The number of pyridine rings is 1. The summed E-state index contributed by atoms with van der Waals surface area (Å²) in [6.45, 7) is 6.46. The number of rotatable bonds is 3. The Bertz CT molecular complexity index is 796. The van der Waals surface area contributed by atoms with Gasteiger partial charge in [-0.15, -0.1) is 0 Å². The minimum Gasteiger partial charge on any atom is -0.264 e. The van der Waals surface area contributed by atoms with Gasteiger partial charge in [0.15, 0.2) is 5.82 Å². The zero-order chi connectivity index (χ0) is 16.3. The third kappa shape index (κ3) is 3.54. The van der Waals surface area contributed by atoms with Crippen molar-refractivity contribution in [3.63, 3.8) is 0 Å². The van der Waals surface area contributed by atoms with E-state index in [0.29, 0.717) is 0 Å². The number of para-hydroxylation sites is 1. The normalized spacial score (nSPS) is 12.0. The quantitative estimate of drug-likeness (QED) is 0.676. The van der Waals surface area contributed by atoms with Crippen LogP contribution in [-0.2, 0) is 5.41 Å². The highest BCUT2D eigenvalue weighted by atomic mass is 15.3. The molecule has 0 saturated heterocycles. The summed E-state index contributed by atoms with van der Waals surface area (Å²) in [5.41, 5.74) is 2.95. The van der Waals surface area contributed by atoms with Crippen LogP contribution in [0.2, 0.25) is 0 Å². The molecule has 0 fully saturated rings. The summed E-state index contributed by atoms with van der Waals surface area (Å²) in [5.74, 6) is 0.810. The van der Waals surface area contributed by atoms with Gasteiger partial charge >= 0.3 is 0 Å². The highest BCUT2D eigenvalue weighted by Gasteiger charge is 2.20. The molecular weight excluding hydrogens is 284 g/mol. The Kier molecular flexibility index (Phi) is 4.06. The Morgan fingerprint density at radius 3 is 2.48 bits per heavy atom. The van der Waals surface area contributed by atoms with Gasteiger partial charge in [-0.3, -0.25) is 4.98 Å². The molecule has 3 rings (SSSR count). The van der Waals surface area contributed by atoms with E-state index in [1.807, 2.05) is 59.4 Å². The molecule has 0 unspecified atom stereocenters. The molecule has 23 heavy (non-hydrogen) atoms. The molecule has 0 aliphatic carbocycles. The fraction of sp³-hybridized carbons (Fsp3) is 0.211. The van der Waals surface area contributed by atoms with E-state index in [-0.39, 0.29) is 5.41 Å². The predicted molar refractivity (Wildman–Crippen MR) is 93.8 cm³/mol. The summed E-state index contributed by atoms with van der Waals surface area (Å²) in [7, 11) is 0. The molecule has 0 amide bonds. The van der Waals surface area contributed by atoms with E-state index in [1.165, 1.54) is 0 Å². The summed E-state index contributed by atoms with van der Waals surface area (Å²) >= 11 is 0. The number of nitrogens with zero attached hydrogens (tertiary/aromatic N) is 4. The lowest BCUT2D eigenvalue weighted by Gasteiger charge is -2.14. The monoisotopic (exact) mass is 304 g/mol. The van der Waals surface area contributed by atoms with Crippen molar-refractivity contribution in [2.75, 3.05) is 0 Å². The standard InChI is InChI=1S/C19H20N4/c1-19(2,3)17-12-18(21-14-15-8-7-11-20-13-15)23(22-17)16-9-5-4-6-10-16/h4-14H,1-3H3/b21-14+. The molecule has 0 aliphatic rings. The maximum atomic E-state index is 4.75. The maximum Gasteiger partial charge on any atom is 0.155 e. The summed E-state index contributed by atoms with van der Waals surface area (Å²) < 4.78 is 1.88. The molecule has 3 aromatic rings. The molecule has 4 heteroatoms. The Morgan fingerprint density at radius 1 is 1.04 bits per heavy atom. The molecule has 2 heterocycles. The molecular formula is C19H20N4. The van der Waals surface area contributed by atoms with Gasteiger partial charge in [0.2, 0.25) is 0 Å². The van der Waals surface area contributed by atoms with Crippen LogP contribution in [-0.4, -0.2) is 21.0 Å². The van der Waals surface area contributed by atoms with Gasteiger partial charge in [0, 0.05) is 35.7 Å². The summed E-state index contributed by atoms with van der Waals surface area (Å²) in [5, 5.41) is 4.75. The smallest absolute Gasteiger partial charge is 0.155 e. The van der Waals surface area contributed by atoms with E-state index in [2.05, 4.69) is 30.7 Å². The Hall–Kier alpha value is -2.75. The first-order valence-electron chi connectivity index (χ1n) is 7.64. The first-order chi connectivity index (χ1) is 11.0. The molecule has 0 N–H and O–H groups in total. The van der Waals surface area contributed by atoms with Crippen molar-refractivity contribution in [1.82, 2.24) is 14.8 Å². The number of aliphatic imine (C=N–C) groups is 1. The van der Waals surface area contributed by atoms with Crippen LogP contribution in [0.1, 0.15) is 32.0 Å². The highest BCUT2D eigenvalue weighted by molar-refractivity contribution is 5.81. The van der Waals surface area contributed by atoms with Gasteiger partial charge in [-0.05, 0) is 18.2 Å². The van der Waals surface area contributed by atoms with Crippen molar-refractivity contribution in [2.45, 2.75) is 26.2 Å². The highest BCUT2D eigenvalue weighted by Crippen LogP contribution is 2.27. The summed E-state index contributed by atoms with van der Waals surface area (Å²) in [6, 6.07) is 16.0. The van der Waals surface area contributed by atoms with Crippen LogP contribution in [0.3, 0.4) is 0 Å². The van der Waals surface area contributed by atoms with Crippen LogP contribution in [0.5, 0.6) is 0 Å². The van der Waals surface area contributed by atoms with Gasteiger partial charge in [0.25, 0.3) is 0 Å². The topological polar surface area (TPSA) is 43.1 Å². The zero-order valence-electron chi connectivity index (χ0n) is 13.6. The van der Waals surface area contributed by atoms with Crippen molar-refractivity contribution in [3.05, 3.63) is 72.2 Å². The van der Waals surface area contributed by atoms with E-state index >= 15 is 0 Å². The molecule has 1 aromatic carbocycles. The third-order valence-electron chi connectivity index (χ3n) is 3.49. The number of aromatic nitrogens is 3. The molecule has 0 saturated carbocycles. The van der Waals surface area contributed by atoms with E-state index < -0.39 is 0 Å². The van der Waals surface area contributed by atoms with Gasteiger partial charge < -0.3 is 0 Å². The first-order valence-corrected chi connectivity index (χ1v) is 7.64. The number of benzene rings is 1. The minimum atomic E-state index is -0.0292. The van der Waals surface area contributed by atoms with E-state index in [0.717, 1.165) is 22.8 Å². The zero-order valence-corrected chi connectivity index (χ0v) is 13.6. The molecule has 4 nitrogen and oxygen atoms in total.